The zero-order valence-electron chi connectivity index (χ0n) is 15.1. The van der Waals surface area contributed by atoms with Gasteiger partial charge in [0.15, 0.2) is 0 Å². The first kappa shape index (κ1) is 17.8. The van der Waals surface area contributed by atoms with Crippen molar-refractivity contribution in [2.45, 2.75) is 19.4 Å². The third kappa shape index (κ3) is 4.33. The van der Waals surface area contributed by atoms with Crippen molar-refractivity contribution in [1.82, 2.24) is 5.32 Å². The number of carbonyl (C=O) groups excluding carboxylic acids is 1. The van der Waals surface area contributed by atoms with Crippen molar-refractivity contribution in [2.24, 2.45) is 0 Å². The molecule has 0 saturated carbocycles. The van der Waals surface area contributed by atoms with Crippen LogP contribution in [0.1, 0.15) is 24.9 Å². The summed E-state index contributed by atoms with van der Waals surface area (Å²) in [7, 11) is 1.64. The summed E-state index contributed by atoms with van der Waals surface area (Å²) in [6.07, 6.45) is 0.663. The van der Waals surface area contributed by atoms with E-state index < -0.39 is 0 Å². The minimum atomic E-state index is -0.127. The van der Waals surface area contributed by atoms with Crippen molar-refractivity contribution in [1.29, 1.82) is 0 Å². The molecule has 0 spiro atoms. The molecule has 0 bridgehead atoms. The molecule has 3 aromatic rings. The fraction of sp³-hybridized carbons (Fsp3) is 0.227. The summed E-state index contributed by atoms with van der Waals surface area (Å²) < 4.78 is 11.3. The van der Waals surface area contributed by atoms with E-state index in [-0.39, 0.29) is 11.9 Å². The van der Waals surface area contributed by atoms with E-state index in [1.54, 1.807) is 7.11 Å². The van der Waals surface area contributed by atoms with Gasteiger partial charge in [-0.1, -0.05) is 48.5 Å². The second-order valence-electron chi connectivity index (χ2n) is 6.14. The van der Waals surface area contributed by atoms with Crippen LogP contribution in [-0.2, 0) is 4.79 Å². The molecule has 4 nitrogen and oxygen atoms in total. The van der Waals surface area contributed by atoms with Crippen LogP contribution in [0, 0.1) is 0 Å². The molecule has 3 rings (SSSR count). The van der Waals surface area contributed by atoms with Gasteiger partial charge in [0.2, 0.25) is 5.91 Å². The summed E-state index contributed by atoms with van der Waals surface area (Å²) in [5.74, 6) is 1.56. The van der Waals surface area contributed by atoms with E-state index in [2.05, 4.69) is 23.5 Å². The molecule has 0 saturated heterocycles. The highest BCUT2D eigenvalue weighted by atomic mass is 16.5. The Morgan fingerprint density at radius 3 is 2.62 bits per heavy atom. The van der Waals surface area contributed by atoms with Crippen LogP contribution >= 0.6 is 0 Å². The number of fused-ring (bicyclic) bond motifs is 1. The molecule has 4 heteroatoms. The maximum absolute atomic E-state index is 11.6. The van der Waals surface area contributed by atoms with Crippen molar-refractivity contribution in [2.75, 3.05) is 13.7 Å². The Morgan fingerprint density at radius 1 is 1.04 bits per heavy atom. The number of ether oxygens (including phenoxy) is 2. The van der Waals surface area contributed by atoms with E-state index in [1.165, 1.54) is 6.92 Å². The van der Waals surface area contributed by atoms with Crippen LogP contribution in [0.15, 0.2) is 66.7 Å². The van der Waals surface area contributed by atoms with Crippen molar-refractivity contribution in [3.8, 4) is 11.5 Å². The van der Waals surface area contributed by atoms with Gasteiger partial charge < -0.3 is 14.8 Å². The van der Waals surface area contributed by atoms with Crippen LogP contribution in [0.4, 0.5) is 0 Å². The fourth-order valence-electron chi connectivity index (χ4n) is 3.03. The van der Waals surface area contributed by atoms with Gasteiger partial charge in [0.05, 0.1) is 19.8 Å². The number of hydrogen-bond donors (Lipinski definition) is 1. The minimum absolute atomic E-state index is 0.0667. The van der Waals surface area contributed by atoms with E-state index in [0.717, 1.165) is 27.8 Å². The highest BCUT2D eigenvalue weighted by Gasteiger charge is 2.14. The Morgan fingerprint density at radius 2 is 1.81 bits per heavy atom. The first-order valence-corrected chi connectivity index (χ1v) is 8.69. The van der Waals surface area contributed by atoms with Crippen LogP contribution in [-0.4, -0.2) is 19.6 Å². The molecule has 0 aliphatic carbocycles. The Kier molecular flexibility index (Phi) is 5.74. The lowest BCUT2D eigenvalue weighted by atomic mass is 10.0. The standard InChI is InChI=1S/C22H23NO3/c1-16(24)23-21(18-9-5-10-19(15-18)25-2)13-14-26-22-12-6-8-17-7-3-4-11-20(17)22/h3-12,15,21H,13-14H2,1-2H3,(H,23,24)/t21-/m0/s1. The highest BCUT2D eigenvalue weighted by Crippen LogP contribution is 2.26. The number of methoxy groups -OCH3 is 1. The summed E-state index contributed by atoms with van der Waals surface area (Å²) in [5.41, 5.74) is 1.00. The lowest BCUT2D eigenvalue weighted by Gasteiger charge is -2.19. The van der Waals surface area contributed by atoms with Crippen molar-refractivity contribution >= 4 is 16.7 Å². The molecule has 0 aliphatic rings. The Labute approximate surface area is 153 Å². The Bertz CT molecular complexity index is 886. The molecule has 1 atom stereocenters. The molecule has 1 N–H and O–H groups in total. The average molecular weight is 349 g/mol. The second kappa shape index (κ2) is 8.39. The SMILES string of the molecule is COc1cccc([C@H](CCOc2cccc3ccccc23)NC(C)=O)c1. The van der Waals surface area contributed by atoms with E-state index in [4.69, 9.17) is 9.47 Å². The van der Waals surface area contributed by atoms with Crippen molar-refractivity contribution < 1.29 is 14.3 Å². The van der Waals surface area contributed by atoms with E-state index in [0.29, 0.717) is 13.0 Å². The van der Waals surface area contributed by atoms with E-state index >= 15 is 0 Å². The van der Waals surface area contributed by atoms with Gasteiger partial charge in [-0.05, 0) is 29.1 Å². The molecule has 134 valence electrons. The van der Waals surface area contributed by atoms with Gasteiger partial charge >= 0.3 is 0 Å². The quantitative estimate of drug-likeness (QED) is 0.683. The third-order valence-electron chi connectivity index (χ3n) is 4.29. The maximum atomic E-state index is 11.6. The number of nitrogens with one attached hydrogen (secondary N) is 1. The zero-order chi connectivity index (χ0) is 18.4. The monoisotopic (exact) mass is 349 g/mol. The van der Waals surface area contributed by atoms with Crippen molar-refractivity contribution in [3.05, 3.63) is 72.3 Å². The second-order valence-corrected chi connectivity index (χ2v) is 6.14. The smallest absolute Gasteiger partial charge is 0.217 e. The molecule has 26 heavy (non-hydrogen) atoms. The Hall–Kier alpha value is -3.01. The normalized spacial score (nSPS) is 11.8. The number of benzene rings is 3. The van der Waals surface area contributed by atoms with Crippen LogP contribution in [0.3, 0.4) is 0 Å². The Balaban J connectivity index is 1.72. The predicted octanol–water partition coefficient (Wildman–Crippen LogP) is 4.49. The van der Waals surface area contributed by atoms with Gasteiger partial charge in [0.25, 0.3) is 0 Å². The van der Waals surface area contributed by atoms with Crippen LogP contribution in [0.25, 0.3) is 10.8 Å². The van der Waals surface area contributed by atoms with Gasteiger partial charge in [-0.3, -0.25) is 4.79 Å². The van der Waals surface area contributed by atoms with E-state index in [9.17, 15) is 4.79 Å². The molecular formula is C22H23NO3. The number of rotatable bonds is 7. The molecule has 0 aromatic heterocycles. The van der Waals surface area contributed by atoms with Gasteiger partial charge in [0, 0.05) is 18.7 Å². The number of carbonyl (C=O) groups is 1. The average Bonchev–Trinajstić information content (AvgIpc) is 2.67. The molecule has 0 unspecified atom stereocenters. The highest BCUT2D eigenvalue weighted by molar-refractivity contribution is 5.88. The van der Waals surface area contributed by atoms with Crippen LogP contribution in [0.2, 0.25) is 0 Å². The first-order valence-electron chi connectivity index (χ1n) is 8.69. The summed E-state index contributed by atoms with van der Waals surface area (Å²) in [6.45, 7) is 2.02. The van der Waals surface area contributed by atoms with Gasteiger partial charge in [-0.25, -0.2) is 0 Å². The number of amides is 1. The van der Waals surface area contributed by atoms with Gasteiger partial charge in [-0.2, -0.15) is 0 Å². The minimum Gasteiger partial charge on any atom is -0.497 e. The third-order valence-corrected chi connectivity index (χ3v) is 4.29. The lowest BCUT2D eigenvalue weighted by molar-refractivity contribution is -0.119. The molecular weight excluding hydrogens is 326 g/mol. The summed E-state index contributed by atoms with van der Waals surface area (Å²) >= 11 is 0. The zero-order valence-corrected chi connectivity index (χ0v) is 15.1. The van der Waals surface area contributed by atoms with Gasteiger partial charge in [0.1, 0.15) is 11.5 Å². The number of hydrogen-bond acceptors (Lipinski definition) is 3. The predicted molar refractivity (Wildman–Crippen MR) is 104 cm³/mol. The largest absolute Gasteiger partial charge is 0.497 e. The molecule has 0 fully saturated rings. The summed E-state index contributed by atoms with van der Waals surface area (Å²) in [6, 6.07) is 21.8. The molecule has 1 amide bonds. The summed E-state index contributed by atoms with van der Waals surface area (Å²) in [5, 5.41) is 5.24. The maximum Gasteiger partial charge on any atom is 0.217 e. The van der Waals surface area contributed by atoms with Crippen LogP contribution < -0.4 is 14.8 Å². The van der Waals surface area contributed by atoms with Crippen LogP contribution in [0.5, 0.6) is 11.5 Å². The van der Waals surface area contributed by atoms with Crippen molar-refractivity contribution in [3.63, 3.8) is 0 Å². The summed E-state index contributed by atoms with van der Waals surface area (Å²) in [4.78, 5) is 11.6. The molecule has 0 radical (unpaired) electrons. The molecule has 0 heterocycles. The first-order chi connectivity index (χ1) is 12.7. The lowest BCUT2D eigenvalue weighted by Crippen LogP contribution is -2.27. The van der Waals surface area contributed by atoms with Gasteiger partial charge in [-0.15, -0.1) is 0 Å². The topological polar surface area (TPSA) is 47.6 Å². The van der Waals surface area contributed by atoms with E-state index in [1.807, 2.05) is 48.5 Å². The fourth-order valence-corrected chi connectivity index (χ4v) is 3.03. The molecule has 0 aliphatic heterocycles. The molecule has 3 aromatic carbocycles.